The van der Waals surface area contributed by atoms with Gasteiger partial charge in [0.05, 0.1) is 6.04 Å². The summed E-state index contributed by atoms with van der Waals surface area (Å²) in [5, 5.41) is 3.05. The summed E-state index contributed by atoms with van der Waals surface area (Å²) in [5.74, 6) is 0. The molecule has 2 atom stereocenters. The van der Waals surface area contributed by atoms with Crippen LogP contribution in [0.5, 0.6) is 0 Å². The molecular weight excluding hydrogens is 238 g/mol. The number of carbonyl (C=O) groups is 1. The summed E-state index contributed by atoms with van der Waals surface area (Å²) < 4.78 is 0. The normalized spacial score (nSPS) is 20.6. The quantitative estimate of drug-likeness (QED) is 0.874. The highest BCUT2D eigenvalue weighted by atomic mass is 16.2. The van der Waals surface area contributed by atoms with Crippen molar-refractivity contribution >= 4 is 6.03 Å². The lowest BCUT2D eigenvalue weighted by Crippen LogP contribution is -2.40. The van der Waals surface area contributed by atoms with Crippen molar-refractivity contribution in [2.24, 2.45) is 5.73 Å². The second kappa shape index (κ2) is 5.21. The van der Waals surface area contributed by atoms with Crippen molar-refractivity contribution < 1.29 is 4.79 Å². The number of carbonyl (C=O) groups excluding carboxylic acids is 1. The number of rotatable bonds is 3. The van der Waals surface area contributed by atoms with E-state index in [1.54, 1.807) is 0 Å². The SMILES string of the molecule is Cc1ccc(C2CN(C(C)CN)C(=O)N2)c(C)c1C. The maximum Gasteiger partial charge on any atom is 0.318 e. The Labute approximate surface area is 115 Å². The van der Waals surface area contributed by atoms with Crippen LogP contribution in [-0.2, 0) is 0 Å². The van der Waals surface area contributed by atoms with Crippen molar-refractivity contribution in [3.05, 3.63) is 34.4 Å². The summed E-state index contributed by atoms with van der Waals surface area (Å²) in [4.78, 5) is 13.8. The Morgan fingerprint density at radius 2 is 2.05 bits per heavy atom. The molecule has 0 aromatic heterocycles. The zero-order valence-corrected chi connectivity index (χ0v) is 12.2. The molecule has 0 aliphatic carbocycles. The maximum absolute atomic E-state index is 12.0. The summed E-state index contributed by atoms with van der Waals surface area (Å²) >= 11 is 0. The van der Waals surface area contributed by atoms with Gasteiger partial charge in [-0.2, -0.15) is 0 Å². The molecule has 1 aromatic carbocycles. The average molecular weight is 261 g/mol. The van der Waals surface area contributed by atoms with Gasteiger partial charge in [0.15, 0.2) is 0 Å². The minimum atomic E-state index is -0.0134. The average Bonchev–Trinajstić information content (AvgIpc) is 2.77. The zero-order valence-electron chi connectivity index (χ0n) is 12.2. The summed E-state index contributed by atoms with van der Waals surface area (Å²) in [6, 6.07) is 4.39. The first kappa shape index (κ1) is 13.9. The molecule has 2 unspecified atom stereocenters. The molecule has 1 fully saturated rings. The Balaban J connectivity index is 2.26. The van der Waals surface area contributed by atoms with Gasteiger partial charge in [-0.25, -0.2) is 4.79 Å². The van der Waals surface area contributed by atoms with E-state index >= 15 is 0 Å². The number of amides is 2. The highest BCUT2D eigenvalue weighted by Crippen LogP contribution is 2.27. The Hall–Kier alpha value is -1.55. The molecule has 0 radical (unpaired) electrons. The molecule has 2 amide bonds. The van der Waals surface area contributed by atoms with Gasteiger partial charge in [-0.15, -0.1) is 0 Å². The molecule has 4 nitrogen and oxygen atoms in total. The zero-order chi connectivity index (χ0) is 14.2. The van der Waals surface area contributed by atoms with Gasteiger partial charge in [0.2, 0.25) is 0 Å². The molecule has 0 spiro atoms. The van der Waals surface area contributed by atoms with Crippen molar-refractivity contribution in [3.63, 3.8) is 0 Å². The van der Waals surface area contributed by atoms with E-state index in [-0.39, 0.29) is 18.1 Å². The number of benzene rings is 1. The molecule has 2 rings (SSSR count). The first-order valence-electron chi connectivity index (χ1n) is 6.79. The fraction of sp³-hybridized carbons (Fsp3) is 0.533. The molecule has 19 heavy (non-hydrogen) atoms. The molecule has 104 valence electrons. The fourth-order valence-electron chi connectivity index (χ4n) is 2.60. The summed E-state index contributed by atoms with van der Waals surface area (Å²) in [7, 11) is 0. The van der Waals surface area contributed by atoms with Gasteiger partial charge in [-0.05, 0) is 49.9 Å². The third-order valence-electron chi connectivity index (χ3n) is 4.29. The van der Waals surface area contributed by atoms with Crippen LogP contribution in [0, 0.1) is 20.8 Å². The third kappa shape index (κ3) is 2.45. The van der Waals surface area contributed by atoms with Crippen LogP contribution in [-0.4, -0.2) is 30.1 Å². The first-order chi connectivity index (χ1) is 8.95. The van der Waals surface area contributed by atoms with Gasteiger partial charge >= 0.3 is 6.03 Å². The molecule has 1 aliphatic rings. The minimum Gasteiger partial charge on any atom is -0.329 e. The molecule has 1 saturated heterocycles. The summed E-state index contributed by atoms with van der Waals surface area (Å²) in [6.07, 6.45) is 0. The molecule has 1 aromatic rings. The van der Waals surface area contributed by atoms with E-state index in [4.69, 9.17) is 5.73 Å². The van der Waals surface area contributed by atoms with E-state index in [0.717, 1.165) is 0 Å². The number of nitrogens with zero attached hydrogens (tertiary/aromatic N) is 1. The van der Waals surface area contributed by atoms with E-state index in [9.17, 15) is 4.79 Å². The topological polar surface area (TPSA) is 58.4 Å². The van der Waals surface area contributed by atoms with Crippen molar-refractivity contribution in [1.29, 1.82) is 0 Å². The molecule has 4 heteroatoms. The summed E-state index contributed by atoms with van der Waals surface area (Å²) in [5.41, 5.74) is 10.7. The number of hydrogen-bond acceptors (Lipinski definition) is 2. The van der Waals surface area contributed by atoms with E-state index in [1.807, 2.05) is 11.8 Å². The van der Waals surface area contributed by atoms with Crippen molar-refractivity contribution in [2.75, 3.05) is 13.1 Å². The predicted molar refractivity (Wildman–Crippen MR) is 77.1 cm³/mol. The van der Waals surface area contributed by atoms with Crippen LogP contribution in [0.1, 0.15) is 35.2 Å². The van der Waals surface area contributed by atoms with Crippen LogP contribution in [0.2, 0.25) is 0 Å². The predicted octanol–water partition coefficient (Wildman–Crippen LogP) is 2.03. The van der Waals surface area contributed by atoms with Crippen LogP contribution < -0.4 is 11.1 Å². The minimum absolute atomic E-state index is 0.0134. The number of nitrogens with one attached hydrogen (secondary N) is 1. The highest BCUT2D eigenvalue weighted by Gasteiger charge is 2.33. The number of nitrogens with two attached hydrogens (primary N) is 1. The second-order valence-electron chi connectivity index (χ2n) is 5.46. The van der Waals surface area contributed by atoms with Crippen LogP contribution in [0.25, 0.3) is 0 Å². The Morgan fingerprint density at radius 3 is 2.68 bits per heavy atom. The van der Waals surface area contributed by atoms with Gasteiger partial charge in [-0.3, -0.25) is 0 Å². The fourth-order valence-corrected chi connectivity index (χ4v) is 2.60. The van der Waals surface area contributed by atoms with E-state index in [2.05, 4.69) is 38.2 Å². The van der Waals surface area contributed by atoms with Gasteiger partial charge in [0.1, 0.15) is 0 Å². The van der Waals surface area contributed by atoms with Gasteiger partial charge < -0.3 is 16.0 Å². The van der Waals surface area contributed by atoms with Crippen LogP contribution in [0.15, 0.2) is 12.1 Å². The first-order valence-corrected chi connectivity index (χ1v) is 6.79. The summed E-state index contributed by atoms with van der Waals surface area (Å²) in [6.45, 7) is 9.54. The van der Waals surface area contributed by atoms with Crippen LogP contribution in [0.3, 0.4) is 0 Å². The number of urea groups is 1. The lowest BCUT2D eigenvalue weighted by molar-refractivity contribution is 0.203. The Kier molecular flexibility index (Phi) is 3.80. The van der Waals surface area contributed by atoms with Gasteiger partial charge in [0, 0.05) is 19.1 Å². The van der Waals surface area contributed by atoms with Crippen LogP contribution >= 0.6 is 0 Å². The molecule has 1 aliphatic heterocycles. The van der Waals surface area contributed by atoms with Crippen molar-refractivity contribution in [3.8, 4) is 0 Å². The standard InChI is InChI=1S/C15H23N3O/c1-9-5-6-13(12(4)11(9)3)14-8-18(10(2)7-16)15(19)17-14/h5-6,10,14H,7-8,16H2,1-4H3,(H,17,19). The monoisotopic (exact) mass is 261 g/mol. The molecule has 1 heterocycles. The Morgan fingerprint density at radius 1 is 1.37 bits per heavy atom. The Bertz CT molecular complexity index is 498. The van der Waals surface area contributed by atoms with Crippen LogP contribution in [0.4, 0.5) is 4.79 Å². The third-order valence-corrected chi connectivity index (χ3v) is 4.29. The van der Waals surface area contributed by atoms with E-state index in [0.29, 0.717) is 13.1 Å². The largest absolute Gasteiger partial charge is 0.329 e. The molecule has 3 N–H and O–H groups in total. The lowest BCUT2D eigenvalue weighted by Gasteiger charge is -2.22. The smallest absolute Gasteiger partial charge is 0.318 e. The van der Waals surface area contributed by atoms with E-state index < -0.39 is 0 Å². The second-order valence-corrected chi connectivity index (χ2v) is 5.46. The molecule has 0 bridgehead atoms. The van der Waals surface area contributed by atoms with Crippen molar-refractivity contribution in [1.82, 2.24) is 10.2 Å². The van der Waals surface area contributed by atoms with Crippen molar-refractivity contribution in [2.45, 2.75) is 39.8 Å². The number of hydrogen-bond donors (Lipinski definition) is 2. The number of aryl methyl sites for hydroxylation is 1. The molecule has 0 saturated carbocycles. The lowest BCUT2D eigenvalue weighted by atomic mass is 9.94. The highest BCUT2D eigenvalue weighted by molar-refractivity contribution is 5.77. The maximum atomic E-state index is 12.0. The molecular formula is C15H23N3O. The van der Waals surface area contributed by atoms with Gasteiger partial charge in [0.25, 0.3) is 0 Å². The van der Waals surface area contributed by atoms with E-state index in [1.165, 1.54) is 22.3 Å². The van der Waals surface area contributed by atoms with Gasteiger partial charge in [-0.1, -0.05) is 12.1 Å².